The SMILES string of the molecule is CC(C)(C)OP(=O)(O)CN(CP(=O)(O)OC(C)(C)C)C1CCC2CCCCC2C1. The van der Waals surface area contributed by atoms with E-state index in [-0.39, 0.29) is 18.6 Å². The normalized spacial score (nSPS) is 30.4. The Balaban J connectivity index is 2.18. The molecular formula is C20H41NO6P2. The minimum absolute atomic E-state index is 0.0116. The van der Waals surface area contributed by atoms with Crippen LogP contribution in [0.2, 0.25) is 0 Å². The van der Waals surface area contributed by atoms with Crippen LogP contribution in [0.4, 0.5) is 0 Å². The van der Waals surface area contributed by atoms with E-state index in [0.717, 1.165) is 25.2 Å². The Morgan fingerprint density at radius 3 is 1.69 bits per heavy atom. The van der Waals surface area contributed by atoms with Crippen LogP contribution in [-0.4, -0.2) is 44.5 Å². The largest absolute Gasteiger partial charge is 0.342 e. The van der Waals surface area contributed by atoms with E-state index in [1.54, 1.807) is 46.4 Å². The molecule has 0 heterocycles. The standard InChI is InChI=1S/C20H41NO6P2/c1-19(2,3)26-28(22,23)14-21(15-29(24,25)27-20(4,5)6)18-12-11-16-9-7-8-10-17(16)13-18/h16-18H,7-15H2,1-6H3,(H,22,23)(H,24,25). The summed E-state index contributed by atoms with van der Waals surface area (Å²) in [5, 5.41) is 0. The van der Waals surface area contributed by atoms with Crippen LogP contribution in [-0.2, 0) is 18.2 Å². The lowest BCUT2D eigenvalue weighted by Gasteiger charge is -2.44. The number of hydrogen-bond acceptors (Lipinski definition) is 5. The van der Waals surface area contributed by atoms with Gasteiger partial charge >= 0.3 is 15.2 Å². The molecule has 9 heteroatoms. The molecule has 0 amide bonds. The van der Waals surface area contributed by atoms with Crippen LogP contribution in [0, 0.1) is 11.8 Å². The molecule has 2 N–H and O–H groups in total. The van der Waals surface area contributed by atoms with Gasteiger partial charge in [-0.15, -0.1) is 0 Å². The minimum atomic E-state index is -3.97. The van der Waals surface area contributed by atoms with Crippen molar-refractivity contribution in [2.24, 2.45) is 11.8 Å². The Labute approximate surface area is 176 Å². The van der Waals surface area contributed by atoms with Crippen molar-refractivity contribution < 1.29 is 28.0 Å². The Hall–Kier alpha value is 0.260. The van der Waals surface area contributed by atoms with Crippen molar-refractivity contribution >= 4 is 15.2 Å². The fourth-order valence-corrected chi connectivity index (χ4v) is 8.39. The van der Waals surface area contributed by atoms with Gasteiger partial charge in [0.05, 0.1) is 11.2 Å². The topological polar surface area (TPSA) is 96.3 Å². The molecule has 0 spiro atoms. The predicted molar refractivity (Wildman–Crippen MR) is 116 cm³/mol. The van der Waals surface area contributed by atoms with Gasteiger partial charge in [0.1, 0.15) is 12.6 Å². The van der Waals surface area contributed by atoms with Gasteiger partial charge in [-0.3, -0.25) is 14.0 Å². The van der Waals surface area contributed by atoms with Crippen LogP contribution >= 0.6 is 15.2 Å². The van der Waals surface area contributed by atoms with Crippen molar-refractivity contribution in [3.8, 4) is 0 Å². The highest BCUT2D eigenvalue weighted by Crippen LogP contribution is 2.53. The van der Waals surface area contributed by atoms with Crippen LogP contribution in [0.3, 0.4) is 0 Å². The van der Waals surface area contributed by atoms with E-state index >= 15 is 0 Å². The van der Waals surface area contributed by atoms with Gasteiger partial charge in [-0.2, -0.15) is 0 Å². The zero-order valence-corrected chi connectivity index (χ0v) is 20.8. The molecule has 2 aliphatic rings. The van der Waals surface area contributed by atoms with Crippen LogP contribution in [0.1, 0.15) is 86.5 Å². The minimum Gasteiger partial charge on any atom is -0.323 e. The van der Waals surface area contributed by atoms with E-state index in [1.807, 2.05) is 0 Å². The van der Waals surface area contributed by atoms with Crippen LogP contribution in [0.15, 0.2) is 0 Å². The summed E-state index contributed by atoms with van der Waals surface area (Å²) in [7, 11) is -7.94. The molecule has 29 heavy (non-hydrogen) atoms. The van der Waals surface area contributed by atoms with E-state index in [2.05, 4.69) is 0 Å². The second kappa shape index (κ2) is 9.40. The van der Waals surface area contributed by atoms with Gasteiger partial charge < -0.3 is 18.8 Å². The summed E-state index contributed by atoms with van der Waals surface area (Å²) in [5.41, 5.74) is -1.55. The predicted octanol–water partition coefficient (Wildman–Crippen LogP) is 5.56. The van der Waals surface area contributed by atoms with Gasteiger partial charge in [0.15, 0.2) is 0 Å². The lowest BCUT2D eigenvalue weighted by molar-refractivity contribution is 0.0655. The van der Waals surface area contributed by atoms with Crippen molar-refractivity contribution in [2.45, 2.75) is 104 Å². The molecule has 0 aliphatic heterocycles. The molecule has 0 aromatic heterocycles. The summed E-state index contributed by atoms with van der Waals surface area (Å²) < 4.78 is 36.5. The van der Waals surface area contributed by atoms with Gasteiger partial charge in [-0.05, 0) is 72.6 Å². The van der Waals surface area contributed by atoms with Crippen LogP contribution in [0.5, 0.6) is 0 Å². The molecule has 5 unspecified atom stereocenters. The maximum Gasteiger partial charge on any atom is 0.342 e. The average molecular weight is 453 g/mol. The van der Waals surface area contributed by atoms with Gasteiger partial charge in [0.2, 0.25) is 0 Å². The van der Waals surface area contributed by atoms with Crippen molar-refractivity contribution in [1.82, 2.24) is 4.90 Å². The Kier molecular flexibility index (Phi) is 8.27. The first-order chi connectivity index (χ1) is 13.1. The van der Waals surface area contributed by atoms with Crippen molar-refractivity contribution in [2.75, 3.05) is 12.6 Å². The molecule has 0 radical (unpaired) electrons. The number of nitrogens with zero attached hydrogens (tertiary/aromatic N) is 1. The van der Waals surface area contributed by atoms with Gasteiger partial charge in [0.25, 0.3) is 0 Å². The molecule has 7 nitrogen and oxygen atoms in total. The Morgan fingerprint density at radius 2 is 1.24 bits per heavy atom. The quantitative estimate of drug-likeness (QED) is 0.487. The molecule has 0 aromatic rings. The third-order valence-corrected chi connectivity index (χ3v) is 8.69. The smallest absolute Gasteiger partial charge is 0.323 e. The number of hydrogen-bond donors (Lipinski definition) is 2. The summed E-state index contributed by atoms with van der Waals surface area (Å²) in [6.07, 6.45) is 7.26. The molecule has 2 rings (SSSR count). The summed E-state index contributed by atoms with van der Waals surface area (Å²) in [6.45, 7) is 10.4. The number of fused-ring (bicyclic) bond motifs is 1. The first-order valence-electron chi connectivity index (χ1n) is 10.8. The van der Waals surface area contributed by atoms with E-state index in [4.69, 9.17) is 9.05 Å². The molecule has 0 bridgehead atoms. The third-order valence-electron chi connectivity index (χ3n) is 5.58. The summed E-state index contributed by atoms with van der Waals surface area (Å²) in [5.74, 6) is 1.31. The van der Waals surface area contributed by atoms with Crippen molar-refractivity contribution in [3.05, 3.63) is 0 Å². The first kappa shape index (κ1) is 25.5. The zero-order valence-electron chi connectivity index (χ0n) is 19.0. The summed E-state index contributed by atoms with van der Waals surface area (Å²) in [6, 6.07) is -0.0116. The van der Waals surface area contributed by atoms with Crippen LogP contribution in [0.25, 0.3) is 0 Å². The first-order valence-corrected chi connectivity index (χ1v) is 14.4. The van der Waals surface area contributed by atoms with Crippen molar-refractivity contribution in [1.29, 1.82) is 0 Å². The molecule has 2 aliphatic carbocycles. The fourth-order valence-electron chi connectivity index (χ4n) is 4.83. The maximum absolute atomic E-state index is 12.8. The summed E-state index contributed by atoms with van der Waals surface area (Å²) in [4.78, 5) is 22.7. The second-order valence-electron chi connectivity index (χ2n) is 10.8. The van der Waals surface area contributed by atoms with Gasteiger partial charge in [-0.25, -0.2) is 0 Å². The maximum atomic E-state index is 12.8. The van der Waals surface area contributed by atoms with E-state index in [9.17, 15) is 18.9 Å². The average Bonchev–Trinajstić information content (AvgIpc) is 2.48. The molecule has 172 valence electrons. The monoisotopic (exact) mass is 453 g/mol. The lowest BCUT2D eigenvalue weighted by atomic mass is 9.69. The lowest BCUT2D eigenvalue weighted by Crippen LogP contribution is -2.43. The molecule has 2 saturated carbocycles. The van der Waals surface area contributed by atoms with E-state index < -0.39 is 26.4 Å². The second-order valence-corrected chi connectivity index (χ2v) is 14.3. The number of rotatable bonds is 7. The third kappa shape index (κ3) is 9.11. The molecule has 0 aromatic carbocycles. The fraction of sp³-hybridized carbons (Fsp3) is 1.00. The highest BCUT2D eigenvalue weighted by molar-refractivity contribution is 7.53. The Morgan fingerprint density at radius 1 is 0.793 bits per heavy atom. The Bertz CT molecular complexity index is 604. The van der Waals surface area contributed by atoms with Crippen molar-refractivity contribution in [3.63, 3.8) is 0 Å². The van der Waals surface area contributed by atoms with Gasteiger partial charge in [-0.1, -0.05) is 25.7 Å². The molecular weight excluding hydrogens is 412 g/mol. The molecule has 0 saturated heterocycles. The molecule has 5 atom stereocenters. The highest BCUT2D eigenvalue weighted by atomic mass is 31.2. The van der Waals surface area contributed by atoms with E-state index in [0.29, 0.717) is 5.92 Å². The summed E-state index contributed by atoms with van der Waals surface area (Å²) >= 11 is 0. The highest BCUT2D eigenvalue weighted by Gasteiger charge is 2.41. The zero-order chi connectivity index (χ0) is 22.1. The molecule has 2 fully saturated rings. The van der Waals surface area contributed by atoms with Gasteiger partial charge in [0, 0.05) is 6.04 Å². The van der Waals surface area contributed by atoms with E-state index in [1.165, 1.54) is 25.7 Å². The van der Waals surface area contributed by atoms with Crippen LogP contribution < -0.4 is 0 Å².